The first-order valence-electron chi connectivity index (χ1n) is 8.60. The number of esters is 1. The molecule has 1 amide bonds. The number of carbonyl (C=O) groups is 2. The minimum atomic E-state index is -0.552. The molecule has 0 fully saturated rings. The molecule has 2 aromatic rings. The van der Waals surface area contributed by atoms with Crippen LogP contribution < -0.4 is 9.47 Å². The number of halogens is 1. The highest BCUT2D eigenvalue weighted by Gasteiger charge is 2.34. The number of aliphatic imine (C=N–C) groups is 1. The molecule has 0 unspecified atom stereocenters. The Kier molecular flexibility index (Phi) is 5.27. The third kappa shape index (κ3) is 3.66. The zero-order valence-corrected chi connectivity index (χ0v) is 18.2. The number of nitrogens with zero attached hydrogens (tertiary/aromatic N) is 2. The van der Waals surface area contributed by atoms with E-state index in [-0.39, 0.29) is 28.7 Å². The fraction of sp³-hybridized carbons (Fsp3) is 0.100. The molecule has 8 nitrogen and oxygen atoms in total. The lowest BCUT2D eigenvalue weighted by Crippen LogP contribution is -2.38. The number of benzene rings is 1. The highest BCUT2D eigenvalue weighted by molar-refractivity contribution is 9.10. The van der Waals surface area contributed by atoms with E-state index in [2.05, 4.69) is 20.9 Å². The molecule has 0 aliphatic carbocycles. The molecule has 2 aliphatic heterocycles. The van der Waals surface area contributed by atoms with Gasteiger partial charge in [-0.25, -0.2) is 4.79 Å². The second-order valence-corrected chi connectivity index (χ2v) is 8.03. The van der Waals surface area contributed by atoms with Crippen LogP contribution in [0.5, 0.6) is 11.5 Å². The Morgan fingerprint density at radius 3 is 2.90 bits per heavy atom. The Balaban J connectivity index is 1.66. The van der Waals surface area contributed by atoms with Crippen molar-refractivity contribution in [2.75, 3.05) is 7.11 Å². The quantitative estimate of drug-likeness (QED) is 0.394. The van der Waals surface area contributed by atoms with E-state index in [0.29, 0.717) is 20.7 Å². The van der Waals surface area contributed by atoms with Crippen molar-refractivity contribution in [3.05, 3.63) is 62.0 Å². The van der Waals surface area contributed by atoms with Crippen LogP contribution in [-0.2, 0) is 9.63 Å². The highest BCUT2D eigenvalue weighted by Crippen LogP contribution is 2.38. The van der Waals surface area contributed by atoms with Gasteiger partial charge in [-0.1, -0.05) is 6.07 Å². The largest absolute Gasteiger partial charge is 0.493 e. The first kappa shape index (κ1) is 20.0. The van der Waals surface area contributed by atoms with Crippen LogP contribution in [0.4, 0.5) is 0 Å². The molecule has 3 heterocycles. The lowest BCUT2D eigenvalue weighted by atomic mass is 10.1. The van der Waals surface area contributed by atoms with E-state index in [4.69, 9.17) is 19.7 Å². The zero-order chi connectivity index (χ0) is 21.4. The number of hydrogen-bond acceptors (Lipinski definition) is 7. The van der Waals surface area contributed by atoms with Gasteiger partial charge in [0.1, 0.15) is 10.6 Å². The standard InChI is InChI=1S/C20H14BrN3O5S/c1-10-6-16-23-19(25)12(18(22)24(16)29-10)7-11-8-13(21)17(14(9-11)27-2)28-20(26)15-4-3-5-30-15/h3-9,22H,1-2H3/b12-7-,22-18?. The molecule has 0 spiro atoms. The molecule has 0 bridgehead atoms. The van der Waals surface area contributed by atoms with Gasteiger partial charge in [-0.15, -0.1) is 16.4 Å². The summed E-state index contributed by atoms with van der Waals surface area (Å²) in [5, 5.41) is 11.3. The van der Waals surface area contributed by atoms with Gasteiger partial charge in [-0.3, -0.25) is 10.2 Å². The number of hydroxylamine groups is 2. The van der Waals surface area contributed by atoms with Gasteiger partial charge in [0, 0.05) is 6.08 Å². The zero-order valence-electron chi connectivity index (χ0n) is 15.8. The number of carbonyl (C=O) groups excluding carboxylic acids is 2. The number of thiophene rings is 1. The van der Waals surface area contributed by atoms with Crippen LogP contribution in [0.15, 0.2) is 56.5 Å². The fourth-order valence-electron chi connectivity index (χ4n) is 2.83. The maximum absolute atomic E-state index is 12.4. The molecule has 1 aromatic carbocycles. The summed E-state index contributed by atoms with van der Waals surface area (Å²) in [6.07, 6.45) is 3.08. The Bertz CT molecular complexity index is 1170. The molecular weight excluding hydrogens is 474 g/mol. The minimum Gasteiger partial charge on any atom is -0.493 e. The molecule has 4 rings (SSSR count). The number of methoxy groups -OCH3 is 1. The van der Waals surface area contributed by atoms with Gasteiger partial charge in [0.25, 0.3) is 5.91 Å². The summed E-state index contributed by atoms with van der Waals surface area (Å²) in [5.74, 6) is 0.130. The Hall–Kier alpha value is -3.24. The smallest absolute Gasteiger partial charge is 0.353 e. The molecule has 1 N–H and O–H groups in total. The average Bonchev–Trinajstić information content (AvgIpc) is 3.36. The van der Waals surface area contributed by atoms with Crippen LogP contribution in [-0.4, -0.2) is 35.7 Å². The van der Waals surface area contributed by atoms with Gasteiger partial charge in [0.05, 0.1) is 17.2 Å². The SMILES string of the molecule is COc1cc(/C=C2/C(=N)N3OC(C)=CC3=NC2=O)cc(Br)c1OC(=O)c1cccs1. The van der Waals surface area contributed by atoms with Crippen molar-refractivity contribution in [2.45, 2.75) is 6.92 Å². The molecule has 0 atom stereocenters. The van der Waals surface area contributed by atoms with Crippen molar-refractivity contribution in [3.63, 3.8) is 0 Å². The maximum atomic E-state index is 12.4. The summed E-state index contributed by atoms with van der Waals surface area (Å²) in [4.78, 5) is 34.6. The van der Waals surface area contributed by atoms with Crippen LogP contribution in [0.25, 0.3) is 6.08 Å². The normalized spacial score (nSPS) is 16.8. The lowest BCUT2D eigenvalue weighted by molar-refractivity contribution is -0.114. The van der Waals surface area contributed by atoms with E-state index in [1.54, 1.807) is 42.6 Å². The van der Waals surface area contributed by atoms with E-state index in [1.807, 2.05) is 0 Å². The molecule has 0 saturated carbocycles. The van der Waals surface area contributed by atoms with Gasteiger partial charge in [0.15, 0.2) is 23.2 Å². The fourth-order valence-corrected chi connectivity index (χ4v) is 3.97. The van der Waals surface area contributed by atoms with Gasteiger partial charge in [-0.05, 0) is 58.1 Å². The molecule has 10 heteroatoms. The predicted molar refractivity (Wildman–Crippen MR) is 115 cm³/mol. The predicted octanol–water partition coefficient (Wildman–Crippen LogP) is 4.19. The average molecular weight is 488 g/mol. The second-order valence-electron chi connectivity index (χ2n) is 6.22. The van der Waals surface area contributed by atoms with Crippen molar-refractivity contribution in [1.82, 2.24) is 5.06 Å². The molecular formula is C20H14BrN3O5S. The van der Waals surface area contributed by atoms with E-state index in [1.165, 1.54) is 29.6 Å². The van der Waals surface area contributed by atoms with Crippen LogP contribution >= 0.6 is 27.3 Å². The van der Waals surface area contributed by atoms with Gasteiger partial charge < -0.3 is 14.3 Å². The van der Waals surface area contributed by atoms with Crippen molar-refractivity contribution in [1.29, 1.82) is 5.41 Å². The van der Waals surface area contributed by atoms with E-state index >= 15 is 0 Å². The highest BCUT2D eigenvalue weighted by atomic mass is 79.9. The summed E-state index contributed by atoms with van der Waals surface area (Å²) in [6, 6.07) is 6.68. The first-order valence-corrected chi connectivity index (χ1v) is 10.3. The van der Waals surface area contributed by atoms with Crippen LogP contribution in [0, 0.1) is 5.41 Å². The van der Waals surface area contributed by atoms with Crippen LogP contribution in [0.2, 0.25) is 0 Å². The van der Waals surface area contributed by atoms with Crippen molar-refractivity contribution in [2.24, 2.45) is 4.99 Å². The lowest BCUT2D eigenvalue weighted by Gasteiger charge is -2.23. The van der Waals surface area contributed by atoms with Gasteiger partial charge in [-0.2, -0.15) is 4.99 Å². The number of rotatable bonds is 4. The van der Waals surface area contributed by atoms with Gasteiger partial charge in [0.2, 0.25) is 0 Å². The van der Waals surface area contributed by atoms with Crippen molar-refractivity contribution in [3.8, 4) is 11.5 Å². The molecule has 2 aliphatic rings. The number of hydrogen-bond donors (Lipinski definition) is 1. The first-order chi connectivity index (χ1) is 14.4. The number of amidine groups is 2. The number of amides is 1. The topological polar surface area (TPSA) is 101 Å². The number of allylic oxidation sites excluding steroid dienone is 1. The number of nitrogens with one attached hydrogen (secondary N) is 1. The third-order valence-corrected chi connectivity index (χ3v) is 5.60. The summed E-state index contributed by atoms with van der Waals surface area (Å²) in [7, 11) is 1.44. The van der Waals surface area contributed by atoms with E-state index < -0.39 is 11.9 Å². The van der Waals surface area contributed by atoms with Gasteiger partial charge >= 0.3 is 5.97 Å². The molecule has 30 heavy (non-hydrogen) atoms. The minimum absolute atomic E-state index is 0.0548. The van der Waals surface area contributed by atoms with Crippen molar-refractivity contribution >= 4 is 56.9 Å². The third-order valence-electron chi connectivity index (χ3n) is 4.16. The molecule has 0 saturated heterocycles. The Labute approximate surface area is 183 Å². The Morgan fingerprint density at radius 2 is 2.20 bits per heavy atom. The van der Waals surface area contributed by atoms with E-state index in [9.17, 15) is 9.59 Å². The maximum Gasteiger partial charge on any atom is 0.353 e. The summed E-state index contributed by atoms with van der Waals surface area (Å²) >= 11 is 4.66. The van der Waals surface area contributed by atoms with Crippen molar-refractivity contribution < 1.29 is 23.9 Å². The number of fused-ring (bicyclic) bond motifs is 1. The molecule has 152 valence electrons. The van der Waals surface area contributed by atoms with Crippen LogP contribution in [0.1, 0.15) is 22.2 Å². The van der Waals surface area contributed by atoms with Crippen LogP contribution in [0.3, 0.4) is 0 Å². The monoisotopic (exact) mass is 487 g/mol. The van der Waals surface area contributed by atoms with E-state index in [0.717, 1.165) is 0 Å². The Morgan fingerprint density at radius 1 is 1.40 bits per heavy atom. The second kappa shape index (κ2) is 7.88. The number of ether oxygens (including phenoxy) is 2. The summed E-state index contributed by atoms with van der Waals surface area (Å²) < 4.78 is 11.3. The summed E-state index contributed by atoms with van der Waals surface area (Å²) in [5.41, 5.74) is 0.601. The molecule has 1 aromatic heterocycles. The summed E-state index contributed by atoms with van der Waals surface area (Å²) in [6.45, 7) is 1.71. The molecule has 0 radical (unpaired) electrons.